The molecule has 2 heteroatoms. The molecule has 2 aliphatic rings. The fourth-order valence-electron chi connectivity index (χ4n) is 4.80. The number of unbranched alkanes of at least 4 members (excludes halogenated alkanes) is 2. The summed E-state index contributed by atoms with van der Waals surface area (Å²) in [5.74, 6) is 0. The monoisotopic (exact) mass is 294 g/mol. The van der Waals surface area contributed by atoms with Crippen LogP contribution in [0.2, 0.25) is 0 Å². The SMILES string of the molecule is CCCCN(CCCC)C1(CN)CCC2(CCCC2)CC1. The molecular formula is C19H38N2. The van der Waals surface area contributed by atoms with E-state index in [9.17, 15) is 0 Å². The van der Waals surface area contributed by atoms with Gasteiger partial charge < -0.3 is 5.73 Å². The van der Waals surface area contributed by atoms with Crippen molar-refractivity contribution in [1.29, 1.82) is 0 Å². The van der Waals surface area contributed by atoms with Gasteiger partial charge in [0.05, 0.1) is 0 Å². The maximum absolute atomic E-state index is 6.33. The summed E-state index contributed by atoms with van der Waals surface area (Å²) >= 11 is 0. The van der Waals surface area contributed by atoms with Gasteiger partial charge in [0.15, 0.2) is 0 Å². The lowest BCUT2D eigenvalue weighted by Crippen LogP contribution is -2.57. The van der Waals surface area contributed by atoms with Gasteiger partial charge in [-0.25, -0.2) is 0 Å². The second kappa shape index (κ2) is 7.97. The molecule has 0 radical (unpaired) electrons. The van der Waals surface area contributed by atoms with E-state index in [2.05, 4.69) is 18.7 Å². The van der Waals surface area contributed by atoms with Gasteiger partial charge in [-0.1, -0.05) is 39.5 Å². The van der Waals surface area contributed by atoms with Crippen LogP contribution >= 0.6 is 0 Å². The van der Waals surface area contributed by atoms with Gasteiger partial charge in [-0.05, 0) is 69.9 Å². The Morgan fingerprint density at radius 3 is 1.76 bits per heavy atom. The third kappa shape index (κ3) is 4.01. The van der Waals surface area contributed by atoms with Crippen molar-refractivity contribution in [3.05, 3.63) is 0 Å². The molecule has 0 aromatic rings. The molecule has 2 fully saturated rings. The highest BCUT2D eigenvalue weighted by Gasteiger charge is 2.45. The minimum atomic E-state index is 0.332. The summed E-state index contributed by atoms with van der Waals surface area (Å²) in [7, 11) is 0. The van der Waals surface area contributed by atoms with E-state index in [4.69, 9.17) is 5.73 Å². The van der Waals surface area contributed by atoms with E-state index in [1.807, 2.05) is 0 Å². The molecule has 0 aliphatic heterocycles. The van der Waals surface area contributed by atoms with Gasteiger partial charge in [0.25, 0.3) is 0 Å². The quantitative estimate of drug-likeness (QED) is 0.702. The first kappa shape index (κ1) is 17.3. The molecule has 2 aliphatic carbocycles. The maximum Gasteiger partial charge on any atom is 0.0332 e. The molecule has 21 heavy (non-hydrogen) atoms. The molecule has 2 N–H and O–H groups in total. The predicted molar refractivity (Wildman–Crippen MR) is 92.5 cm³/mol. The van der Waals surface area contributed by atoms with Crippen LogP contribution in [0.4, 0.5) is 0 Å². The van der Waals surface area contributed by atoms with Crippen molar-refractivity contribution in [3.8, 4) is 0 Å². The van der Waals surface area contributed by atoms with Crippen LogP contribution in [0.15, 0.2) is 0 Å². The number of nitrogens with zero attached hydrogens (tertiary/aromatic N) is 1. The second-order valence-electron chi connectivity index (χ2n) is 7.83. The molecule has 0 atom stereocenters. The Hall–Kier alpha value is -0.0800. The highest BCUT2D eigenvalue weighted by atomic mass is 15.2. The lowest BCUT2D eigenvalue weighted by atomic mass is 9.65. The van der Waals surface area contributed by atoms with Crippen molar-refractivity contribution in [2.75, 3.05) is 19.6 Å². The molecule has 124 valence electrons. The average molecular weight is 295 g/mol. The summed E-state index contributed by atoms with van der Waals surface area (Å²) in [6.07, 6.45) is 16.8. The standard InChI is InChI=1S/C19H38N2/c1-3-5-15-21(16-6-4-2)19(17-20)13-11-18(12-14-19)9-7-8-10-18/h3-17,20H2,1-2H3. The Kier molecular flexibility index (Phi) is 6.55. The predicted octanol–water partition coefficient (Wildman–Crippen LogP) is 4.72. The van der Waals surface area contributed by atoms with Crippen molar-refractivity contribution in [3.63, 3.8) is 0 Å². The van der Waals surface area contributed by atoms with E-state index in [-0.39, 0.29) is 0 Å². The third-order valence-corrected chi connectivity index (χ3v) is 6.52. The minimum absolute atomic E-state index is 0.332. The summed E-state index contributed by atoms with van der Waals surface area (Å²) < 4.78 is 0. The topological polar surface area (TPSA) is 29.3 Å². The van der Waals surface area contributed by atoms with Gasteiger partial charge in [-0.3, -0.25) is 4.90 Å². The number of hydrogen-bond donors (Lipinski definition) is 1. The van der Waals surface area contributed by atoms with Gasteiger partial charge in [0.1, 0.15) is 0 Å². The Balaban J connectivity index is 2.00. The molecule has 0 unspecified atom stereocenters. The summed E-state index contributed by atoms with van der Waals surface area (Å²) in [6, 6.07) is 0. The second-order valence-corrected chi connectivity index (χ2v) is 7.83. The molecule has 2 rings (SSSR count). The van der Waals surface area contributed by atoms with Crippen molar-refractivity contribution in [1.82, 2.24) is 4.90 Å². The molecular weight excluding hydrogens is 256 g/mol. The number of hydrogen-bond acceptors (Lipinski definition) is 2. The van der Waals surface area contributed by atoms with E-state index in [1.54, 1.807) is 0 Å². The molecule has 0 aromatic heterocycles. The van der Waals surface area contributed by atoms with Crippen LogP contribution in [0.25, 0.3) is 0 Å². The highest BCUT2D eigenvalue weighted by molar-refractivity contribution is 5.01. The van der Waals surface area contributed by atoms with Gasteiger partial charge in [0.2, 0.25) is 0 Å². The molecule has 0 heterocycles. The van der Waals surface area contributed by atoms with Crippen LogP contribution in [0.5, 0.6) is 0 Å². The van der Waals surface area contributed by atoms with Gasteiger partial charge >= 0.3 is 0 Å². The zero-order valence-electron chi connectivity index (χ0n) is 14.6. The fraction of sp³-hybridized carbons (Fsp3) is 1.00. The number of rotatable bonds is 8. The summed E-state index contributed by atoms with van der Waals surface area (Å²) in [5.41, 5.74) is 7.38. The normalized spacial score (nSPS) is 24.0. The van der Waals surface area contributed by atoms with E-state index in [0.29, 0.717) is 5.54 Å². The van der Waals surface area contributed by atoms with Gasteiger partial charge in [-0.2, -0.15) is 0 Å². The summed E-state index contributed by atoms with van der Waals surface area (Å²) in [4.78, 5) is 2.79. The molecule has 0 amide bonds. The Morgan fingerprint density at radius 2 is 1.33 bits per heavy atom. The summed E-state index contributed by atoms with van der Waals surface area (Å²) in [5, 5.41) is 0. The van der Waals surface area contributed by atoms with Crippen LogP contribution in [-0.2, 0) is 0 Å². The van der Waals surface area contributed by atoms with Crippen LogP contribution in [0, 0.1) is 5.41 Å². The largest absolute Gasteiger partial charge is 0.329 e. The maximum atomic E-state index is 6.33. The van der Waals surface area contributed by atoms with Crippen LogP contribution < -0.4 is 5.73 Å². The first-order valence-electron chi connectivity index (χ1n) is 9.65. The van der Waals surface area contributed by atoms with Crippen LogP contribution in [0.1, 0.15) is 90.9 Å². The smallest absolute Gasteiger partial charge is 0.0332 e. The average Bonchev–Trinajstić information content (AvgIpc) is 2.98. The molecule has 0 bridgehead atoms. The van der Waals surface area contributed by atoms with E-state index in [1.165, 1.54) is 90.1 Å². The van der Waals surface area contributed by atoms with E-state index < -0.39 is 0 Å². The molecule has 0 saturated heterocycles. The zero-order chi connectivity index (χ0) is 15.2. The van der Waals surface area contributed by atoms with Crippen LogP contribution in [-0.4, -0.2) is 30.1 Å². The molecule has 1 spiro atoms. The van der Waals surface area contributed by atoms with Crippen molar-refractivity contribution in [2.45, 2.75) is 96.4 Å². The highest BCUT2D eigenvalue weighted by Crippen LogP contribution is 2.52. The lowest BCUT2D eigenvalue weighted by Gasteiger charge is -2.51. The molecule has 0 aromatic carbocycles. The third-order valence-electron chi connectivity index (χ3n) is 6.52. The van der Waals surface area contributed by atoms with Crippen LogP contribution in [0.3, 0.4) is 0 Å². The van der Waals surface area contributed by atoms with Crippen molar-refractivity contribution >= 4 is 0 Å². The first-order valence-corrected chi connectivity index (χ1v) is 9.65. The molecule has 2 nitrogen and oxygen atoms in total. The van der Waals surface area contributed by atoms with Gasteiger partial charge in [0, 0.05) is 12.1 Å². The van der Waals surface area contributed by atoms with Gasteiger partial charge in [-0.15, -0.1) is 0 Å². The van der Waals surface area contributed by atoms with E-state index in [0.717, 1.165) is 12.0 Å². The summed E-state index contributed by atoms with van der Waals surface area (Å²) in [6.45, 7) is 8.01. The fourth-order valence-corrected chi connectivity index (χ4v) is 4.80. The Labute approximate surface area is 132 Å². The number of nitrogens with two attached hydrogens (primary N) is 1. The van der Waals surface area contributed by atoms with Crippen molar-refractivity contribution in [2.24, 2.45) is 11.1 Å². The zero-order valence-corrected chi connectivity index (χ0v) is 14.6. The first-order chi connectivity index (χ1) is 10.2. The minimum Gasteiger partial charge on any atom is -0.329 e. The van der Waals surface area contributed by atoms with E-state index >= 15 is 0 Å². The lowest BCUT2D eigenvalue weighted by molar-refractivity contribution is 0.0119. The van der Waals surface area contributed by atoms with Crippen molar-refractivity contribution < 1.29 is 0 Å². The Bertz CT molecular complexity index is 276. The molecule has 2 saturated carbocycles. The Morgan fingerprint density at radius 1 is 0.810 bits per heavy atom.